The number of pyridine rings is 1. The Morgan fingerprint density at radius 3 is 2.41 bits per heavy atom. The summed E-state index contributed by atoms with van der Waals surface area (Å²) >= 11 is 0. The lowest BCUT2D eigenvalue weighted by Gasteiger charge is -2.19. The topological polar surface area (TPSA) is 83.6 Å². The van der Waals surface area contributed by atoms with Gasteiger partial charge in [0.25, 0.3) is 11.2 Å². The predicted molar refractivity (Wildman–Crippen MR) is 152 cm³/mol. The first kappa shape index (κ1) is 30.1. The van der Waals surface area contributed by atoms with Gasteiger partial charge < -0.3 is 14.0 Å². The number of non-ortho nitro benzene ring substituents is 1. The van der Waals surface area contributed by atoms with Gasteiger partial charge in [0.15, 0.2) is 5.75 Å². The maximum absolute atomic E-state index is 13.7. The number of nitrogens with zero attached hydrogens (tertiary/aromatic N) is 2. The third kappa shape index (κ3) is 9.38. The van der Waals surface area contributed by atoms with E-state index in [2.05, 4.69) is 33.8 Å². The smallest absolute Gasteiger partial charge is 0.297 e. The number of hydrogen-bond acceptors (Lipinski definition) is 5. The highest BCUT2D eigenvalue weighted by atomic mass is 16.6. The summed E-state index contributed by atoms with van der Waals surface area (Å²) in [5, 5.41) is 12.2. The van der Waals surface area contributed by atoms with Crippen molar-refractivity contribution >= 4 is 16.6 Å². The molecule has 2 aromatic rings. The average Bonchev–Trinajstić information content (AvgIpc) is 2.83. The molecule has 7 heteroatoms. The molecule has 0 aliphatic rings. The lowest BCUT2D eigenvalue weighted by Crippen LogP contribution is -2.25. The third-order valence-electron chi connectivity index (χ3n) is 6.21. The van der Waals surface area contributed by atoms with Crippen molar-refractivity contribution in [2.75, 3.05) is 6.61 Å². The number of hydrogen-bond donors (Lipinski definition) is 0. The van der Waals surface area contributed by atoms with Crippen LogP contribution in [0.25, 0.3) is 10.9 Å². The number of benzene rings is 1. The molecule has 1 aromatic heterocycles. The van der Waals surface area contributed by atoms with Crippen molar-refractivity contribution < 1.29 is 14.4 Å². The molecule has 0 N–H and O–H groups in total. The Labute approximate surface area is 221 Å². The van der Waals surface area contributed by atoms with E-state index in [1.165, 1.54) is 42.5 Å². The minimum Gasteiger partial charge on any atom is -0.485 e. The number of ether oxygens (including phenoxy) is 2. The first-order chi connectivity index (χ1) is 17.6. The Kier molecular flexibility index (Phi) is 12.4. The second-order valence-corrected chi connectivity index (χ2v) is 10.2. The zero-order valence-electron chi connectivity index (χ0n) is 23.5. The van der Waals surface area contributed by atoms with E-state index in [9.17, 15) is 14.9 Å². The zero-order chi connectivity index (χ0) is 27.4. The SMILES string of the molecule is CCCCCCCCn1c(=O)c(OC(C)C)c(OCC=C(C)CCC=C(C)C)c2ccc([N+](=O)[O-])cc21. The van der Waals surface area contributed by atoms with Crippen LogP contribution >= 0.6 is 0 Å². The van der Waals surface area contributed by atoms with Crippen molar-refractivity contribution in [3.05, 3.63) is 62.0 Å². The van der Waals surface area contributed by atoms with Gasteiger partial charge in [0, 0.05) is 24.1 Å². The summed E-state index contributed by atoms with van der Waals surface area (Å²) in [7, 11) is 0. The van der Waals surface area contributed by atoms with Crippen LogP contribution < -0.4 is 15.0 Å². The Bertz CT molecular complexity index is 1160. The molecule has 0 fully saturated rings. The van der Waals surface area contributed by atoms with E-state index in [1.807, 2.05) is 19.9 Å². The fourth-order valence-electron chi connectivity index (χ4n) is 4.21. The third-order valence-corrected chi connectivity index (χ3v) is 6.21. The van der Waals surface area contributed by atoms with Crippen LogP contribution in [0.3, 0.4) is 0 Å². The molecule has 1 aromatic carbocycles. The van der Waals surface area contributed by atoms with Gasteiger partial charge in [0.2, 0.25) is 5.75 Å². The maximum Gasteiger partial charge on any atom is 0.297 e. The van der Waals surface area contributed by atoms with Gasteiger partial charge in [-0.1, -0.05) is 56.3 Å². The number of allylic oxidation sites excluding steroid dienone is 3. The highest BCUT2D eigenvalue weighted by Gasteiger charge is 2.22. The van der Waals surface area contributed by atoms with E-state index in [-0.39, 0.29) is 29.7 Å². The van der Waals surface area contributed by atoms with Crippen molar-refractivity contribution in [2.24, 2.45) is 0 Å². The number of unbranched alkanes of at least 4 members (excludes halogenated alkanes) is 5. The van der Waals surface area contributed by atoms with Crippen LogP contribution in [0.2, 0.25) is 0 Å². The highest BCUT2D eigenvalue weighted by Crippen LogP contribution is 2.35. The Morgan fingerprint density at radius 2 is 1.76 bits per heavy atom. The van der Waals surface area contributed by atoms with E-state index in [1.54, 1.807) is 10.6 Å². The van der Waals surface area contributed by atoms with Crippen molar-refractivity contribution in [3.63, 3.8) is 0 Å². The molecule has 0 saturated heterocycles. The highest BCUT2D eigenvalue weighted by molar-refractivity contribution is 5.89. The molecule has 0 amide bonds. The maximum atomic E-state index is 13.7. The molecule has 0 aliphatic heterocycles. The number of aromatic nitrogens is 1. The van der Waals surface area contributed by atoms with Crippen molar-refractivity contribution in [1.29, 1.82) is 0 Å². The van der Waals surface area contributed by atoms with Gasteiger partial charge in [-0.3, -0.25) is 14.9 Å². The molecular weight excluding hydrogens is 468 g/mol. The van der Waals surface area contributed by atoms with Crippen LogP contribution in [0.5, 0.6) is 11.5 Å². The lowest BCUT2D eigenvalue weighted by atomic mass is 10.1. The van der Waals surface area contributed by atoms with Gasteiger partial charge in [-0.15, -0.1) is 0 Å². The molecular formula is C30H44N2O5. The summed E-state index contributed by atoms with van der Waals surface area (Å²) in [6.45, 7) is 12.9. The van der Waals surface area contributed by atoms with Crippen molar-refractivity contribution in [1.82, 2.24) is 4.57 Å². The molecule has 0 atom stereocenters. The fourth-order valence-corrected chi connectivity index (χ4v) is 4.21. The van der Waals surface area contributed by atoms with Gasteiger partial charge in [0.1, 0.15) is 6.61 Å². The van der Waals surface area contributed by atoms with Gasteiger partial charge >= 0.3 is 0 Å². The second-order valence-electron chi connectivity index (χ2n) is 10.2. The standard InChI is InChI=1S/C30H44N2O5/c1-7-8-9-10-11-12-19-31-27-21-25(32(34)35)16-17-26(27)28(29(30(31)33)37-23(4)5)36-20-18-24(6)15-13-14-22(2)3/h14,16-18,21,23H,7-13,15,19-20H2,1-6H3. The largest absolute Gasteiger partial charge is 0.485 e. The summed E-state index contributed by atoms with van der Waals surface area (Å²) in [4.78, 5) is 24.7. The number of fused-ring (bicyclic) bond motifs is 1. The molecule has 0 aliphatic carbocycles. The second kappa shape index (κ2) is 15.2. The summed E-state index contributed by atoms with van der Waals surface area (Å²) in [6.07, 6.45) is 12.4. The van der Waals surface area contributed by atoms with Gasteiger partial charge in [-0.05, 0) is 66.0 Å². The Balaban J connectivity index is 2.46. The fraction of sp³-hybridized carbons (Fsp3) is 0.567. The van der Waals surface area contributed by atoms with E-state index in [0.717, 1.165) is 32.1 Å². The molecule has 7 nitrogen and oxygen atoms in total. The van der Waals surface area contributed by atoms with Crippen LogP contribution in [-0.4, -0.2) is 22.2 Å². The van der Waals surface area contributed by atoms with Crippen LogP contribution in [0, 0.1) is 10.1 Å². The monoisotopic (exact) mass is 512 g/mol. The van der Waals surface area contributed by atoms with Gasteiger partial charge in [-0.25, -0.2) is 0 Å². The van der Waals surface area contributed by atoms with E-state index in [0.29, 0.717) is 23.2 Å². The van der Waals surface area contributed by atoms with E-state index < -0.39 is 4.92 Å². The Hall–Kier alpha value is -3.09. The molecule has 0 unspecified atom stereocenters. The predicted octanol–water partition coefficient (Wildman–Crippen LogP) is 8.13. The van der Waals surface area contributed by atoms with E-state index >= 15 is 0 Å². The number of nitro benzene ring substituents is 1. The quantitative estimate of drug-likeness (QED) is 0.0981. The average molecular weight is 513 g/mol. The normalized spacial score (nSPS) is 11.7. The number of rotatable bonds is 16. The summed E-state index contributed by atoms with van der Waals surface area (Å²) < 4.78 is 13.8. The summed E-state index contributed by atoms with van der Waals surface area (Å²) in [5.41, 5.74) is 2.63. The van der Waals surface area contributed by atoms with Crippen molar-refractivity contribution in [2.45, 2.75) is 106 Å². The first-order valence-electron chi connectivity index (χ1n) is 13.6. The minimum absolute atomic E-state index is 0.0536. The number of aryl methyl sites for hydroxylation is 1. The summed E-state index contributed by atoms with van der Waals surface area (Å²) in [6, 6.07) is 4.59. The number of nitro groups is 1. The van der Waals surface area contributed by atoms with Crippen LogP contribution in [-0.2, 0) is 6.54 Å². The molecule has 2 rings (SSSR count). The molecule has 0 radical (unpaired) electrons. The van der Waals surface area contributed by atoms with Gasteiger partial charge in [0.05, 0.1) is 16.5 Å². The van der Waals surface area contributed by atoms with E-state index in [4.69, 9.17) is 9.47 Å². The lowest BCUT2D eigenvalue weighted by molar-refractivity contribution is -0.384. The zero-order valence-corrected chi connectivity index (χ0v) is 23.5. The van der Waals surface area contributed by atoms with Crippen molar-refractivity contribution in [3.8, 4) is 11.5 Å². The molecule has 0 bridgehead atoms. The van der Waals surface area contributed by atoms with Gasteiger partial charge in [-0.2, -0.15) is 0 Å². The summed E-state index contributed by atoms with van der Waals surface area (Å²) in [5.74, 6) is 0.508. The molecule has 1 heterocycles. The Morgan fingerprint density at radius 1 is 1.05 bits per heavy atom. The molecule has 37 heavy (non-hydrogen) atoms. The molecule has 0 spiro atoms. The van der Waals surface area contributed by atoms with Crippen LogP contribution in [0.1, 0.15) is 92.9 Å². The first-order valence-corrected chi connectivity index (χ1v) is 13.6. The van der Waals surface area contributed by atoms with Crippen LogP contribution in [0.15, 0.2) is 46.3 Å². The van der Waals surface area contributed by atoms with Crippen LogP contribution in [0.4, 0.5) is 5.69 Å². The molecule has 204 valence electrons. The molecule has 0 saturated carbocycles. The minimum atomic E-state index is -0.434.